The zero-order valence-electron chi connectivity index (χ0n) is 11.1. The first kappa shape index (κ1) is 13.2. The molecular formula is C15H25N. The van der Waals surface area contributed by atoms with E-state index in [1.54, 1.807) is 0 Å². The number of nitrogens with one attached hydrogen (secondary N) is 1. The molecule has 0 heterocycles. The number of rotatable bonds is 6. The van der Waals surface area contributed by atoms with Crippen molar-refractivity contribution in [3.05, 3.63) is 34.9 Å². The van der Waals surface area contributed by atoms with Crippen molar-refractivity contribution in [3.63, 3.8) is 0 Å². The van der Waals surface area contributed by atoms with Crippen molar-refractivity contribution in [2.24, 2.45) is 0 Å². The lowest BCUT2D eigenvalue weighted by Gasteiger charge is -2.18. The van der Waals surface area contributed by atoms with E-state index in [1.807, 2.05) is 0 Å². The maximum absolute atomic E-state index is 3.67. The molecule has 1 aromatic carbocycles. The van der Waals surface area contributed by atoms with Gasteiger partial charge >= 0.3 is 0 Å². The Morgan fingerprint density at radius 3 is 2.25 bits per heavy atom. The van der Waals surface area contributed by atoms with Crippen LogP contribution in [0.3, 0.4) is 0 Å². The summed E-state index contributed by atoms with van der Waals surface area (Å²) >= 11 is 0. The standard InChI is InChI=1S/C15H25N/c1-5-8-14(6-2)16-11-15-12(3)9-7-10-13(15)4/h7,9-10,14,16H,5-6,8,11H2,1-4H3. The van der Waals surface area contributed by atoms with Crippen molar-refractivity contribution in [1.82, 2.24) is 5.32 Å². The minimum absolute atomic E-state index is 0.670. The van der Waals surface area contributed by atoms with E-state index in [2.05, 4.69) is 51.2 Å². The summed E-state index contributed by atoms with van der Waals surface area (Å²) in [7, 11) is 0. The van der Waals surface area contributed by atoms with Crippen LogP contribution in [0.5, 0.6) is 0 Å². The Labute approximate surface area is 100 Å². The van der Waals surface area contributed by atoms with Gasteiger partial charge in [0.25, 0.3) is 0 Å². The number of aryl methyl sites for hydroxylation is 2. The quantitative estimate of drug-likeness (QED) is 0.763. The molecule has 90 valence electrons. The minimum Gasteiger partial charge on any atom is -0.310 e. The molecule has 1 heteroatoms. The first-order valence-corrected chi connectivity index (χ1v) is 6.47. The number of benzene rings is 1. The fourth-order valence-electron chi connectivity index (χ4n) is 2.17. The van der Waals surface area contributed by atoms with Crippen LogP contribution in [0.2, 0.25) is 0 Å². The lowest BCUT2D eigenvalue weighted by Crippen LogP contribution is -2.28. The molecular weight excluding hydrogens is 194 g/mol. The third-order valence-electron chi connectivity index (χ3n) is 3.34. The zero-order chi connectivity index (χ0) is 12.0. The highest BCUT2D eigenvalue weighted by molar-refractivity contribution is 5.33. The molecule has 1 unspecified atom stereocenters. The van der Waals surface area contributed by atoms with E-state index >= 15 is 0 Å². The summed E-state index contributed by atoms with van der Waals surface area (Å²) in [6.07, 6.45) is 3.76. The molecule has 0 aromatic heterocycles. The first-order valence-electron chi connectivity index (χ1n) is 6.47. The van der Waals surface area contributed by atoms with Crippen molar-refractivity contribution in [1.29, 1.82) is 0 Å². The molecule has 0 saturated heterocycles. The summed E-state index contributed by atoms with van der Waals surface area (Å²) in [5.41, 5.74) is 4.27. The van der Waals surface area contributed by atoms with Crippen LogP contribution in [0.15, 0.2) is 18.2 Å². The fourth-order valence-corrected chi connectivity index (χ4v) is 2.17. The van der Waals surface area contributed by atoms with Crippen LogP contribution >= 0.6 is 0 Å². The van der Waals surface area contributed by atoms with E-state index in [0.29, 0.717) is 6.04 Å². The molecule has 0 fully saturated rings. The van der Waals surface area contributed by atoms with Crippen LogP contribution < -0.4 is 5.32 Å². The average molecular weight is 219 g/mol. The van der Waals surface area contributed by atoms with Crippen LogP contribution in [0.25, 0.3) is 0 Å². The Hall–Kier alpha value is -0.820. The van der Waals surface area contributed by atoms with Crippen LogP contribution in [0.4, 0.5) is 0 Å². The van der Waals surface area contributed by atoms with Gasteiger partial charge in [-0.15, -0.1) is 0 Å². The van der Waals surface area contributed by atoms with E-state index in [9.17, 15) is 0 Å². The molecule has 1 rings (SSSR count). The van der Waals surface area contributed by atoms with Gasteiger partial charge in [0.05, 0.1) is 0 Å². The third-order valence-corrected chi connectivity index (χ3v) is 3.34. The molecule has 1 nitrogen and oxygen atoms in total. The molecule has 0 aliphatic rings. The SMILES string of the molecule is CCCC(CC)NCc1c(C)cccc1C. The second-order valence-corrected chi connectivity index (χ2v) is 4.65. The van der Waals surface area contributed by atoms with Crippen molar-refractivity contribution < 1.29 is 0 Å². The fraction of sp³-hybridized carbons (Fsp3) is 0.600. The van der Waals surface area contributed by atoms with Crippen LogP contribution in [0.1, 0.15) is 49.8 Å². The Morgan fingerprint density at radius 1 is 1.12 bits per heavy atom. The Bertz CT molecular complexity index is 297. The molecule has 1 atom stereocenters. The highest BCUT2D eigenvalue weighted by Crippen LogP contribution is 2.13. The van der Waals surface area contributed by atoms with Crippen molar-refractivity contribution in [3.8, 4) is 0 Å². The van der Waals surface area contributed by atoms with Gasteiger partial charge in [0.1, 0.15) is 0 Å². The molecule has 0 radical (unpaired) electrons. The maximum atomic E-state index is 3.67. The second-order valence-electron chi connectivity index (χ2n) is 4.65. The number of hydrogen-bond donors (Lipinski definition) is 1. The van der Waals surface area contributed by atoms with Crippen molar-refractivity contribution >= 4 is 0 Å². The van der Waals surface area contributed by atoms with Crippen molar-refractivity contribution in [2.75, 3.05) is 0 Å². The highest BCUT2D eigenvalue weighted by atomic mass is 14.9. The van der Waals surface area contributed by atoms with Gasteiger partial charge in [0.2, 0.25) is 0 Å². The van der Waals surface area contributed by atoms with E-state index < -0.39 is 0 Å². The van der Waals surface area contributed by atoms with E-state index in [4.69, 9.17) is 0 Å². The molecule has 0 amide bonds. The Kier molecular flexibility index (Phi) is 5.54. The number of hydrogen-bond acceptors (Lipinski definition) is 1. The molecule has 0 spiro atoms. The molecule has 1 N–H and O–H groups in total. The monoisotopic (exact) mass is 219 g/mol. The van der Waals surface area contributed by atoms with Gasteiger partial charge in [0.15, 0.2) is 0 Å². The van der Waals surface area contributed by atoms with Gasteiger partial charge < -0.3 is 5.32 Å². The molecule has 0 saturated carbocycles. The third kappa shape index (κ3) is 3.64. The molecule has 16 heavy (non-hydrogen) atoms. The summed E-state index contributed by atoms with van der Waals surface area (Å²) in [6, 6.07) is 7.21. The molecule has 0 aliphatic heterocycles. The van der Waals surface area contributed by atoms with Gasteiger partial charge in [-0.1, -0.05) is 38.5 Å². The largest absolute Gasteiger partial charge is 0.310 e. The normalized spacial score (nSPS) is 12.8. The van der Waals surface area contributed by atoms with Gasteiger partial charge in [-0.25, -0.2) is 0 Å². The predicted molar refractivity (Wildman–Crippen MR) is 71.7 cm³/mol. The summed E-state index contributed by atoms with van der Waals surface area (Å²) in [5.74, 6) is 0. The first-order chi connectivity index (χ1) is 7.69. The summed E-state index contributed by atoms with van der Waals surface area (Å²) < 4.78 is 0. The molecule has 0 bridgehead atoms. The molecule has 0 aliphatic carbocycles. The van der Waals surface area contributed by atoms with Gasteiger partial charge in [-0.05, 0) is 43.4 Å². The van der Waals surface area contributed by atoms with E-state index in [-0.39, 0.29) is 0 Å². The van der Waals surface area contributed by atoms with Crippen LogP contribution in [0, 0.1) is 13.8 Å². The van der Waals surface area contributed by atoms with Crippen molar-refractivity contribution in [2.45, 2.75) is 59.5 Å². The van der Waals surface area contributed by atoms with Crippen LogP contribution in [-0.2, 0) is 6.54 Å². The smallest absolute Gasteiger partial charge is 0.0213 e. The van der Waals surface area contributed by atoms with Gasteiger partial charge in [-0.3, -0.25) is 0 Å². The highest BCUT2D eigenvalue weighted by Gasteiger charge is 2.06. The predicted octanol–water partition coefficient (Wildman–Crippen LogP) is 3.97. The lowest BCUT2D eigenvalue weighted by atomic mass is 10.0. The summed E-state index contributed by atoms with van der Waals surface area (Å²) in [6.45, 7) is 9.92. The average Bonchev–Trinajstić information content (AvgIpc) is 2.27. The lowest BCUT2D eigenvalue weighted by molar-refractivity contribution is 0.461. The van der Waals surface area contributed by atoms with Gasteiger partial charge in [0, 0.05) is 12.6 Å². The van der Waals surface area contributed by atoms with E-state index in [0.717, 1.165) is 6.54 Å². The topological polar surface area (TPSA) is 12.0 Å². The summed E-state index contributed by atoms with van der Waals surface area (Å²) in [5, 5.41) is 3.67. The van der Waals surface area contributed by atoms with E-state index in [1.165, 1.54) is 36.0 Å². The second kappa shape index (κ2) is 6.70. The van der Waals surface area contributed by atoms with Crippen LogP contribution in [-0.4, -0.2) is 6.04 Å². The van der Waals surface area contributed by atoms with Gasteiger partial charge in [-0.2, -0.15) is 0 Å². The maximum Gasteiger partial charge on any atom is 0.0213 e. The Balaban J connectivity index is 2.59. The Morgan fingerprint density at radius 2 is 1.75 bits per heavy atom. The zero-order valence-corrected chi connectivity index (χ0v) is 11.1. The summed E-state index contributed by atoms with van der Waals surface area (Å²) in [4.78, 5) is 0. The molecule has 1 aromatic rings. The minimum atomic E-state index is 0.670.